The van der Waals surface area contributed by atoms with Gasteiger partial charge in [0, 0.05) is 24.1 Å². The molecule has 0 saturated carbocycles. The molecule has 0 aliphatic heterocycles. The van der Waals surface area contributed by atoms with E-state index in [0.717, 1.165) is 29.0 Å². The molecule has 1 amide bonds. The predicted molar refractivity (Wildman–Crippen MR) is 118 cm³/mol. The molecule has 0 aliphatic carbocycles. The third-order valence-electron chi connectivity index (χ3n) is 4.96. The van der Waals surface area contributed by atoms with Gasteiger partial charge in [0.05, 0.1) is 16.7 Å². The fourth-order valence-corrected chi connectivity index (χ4v) is 3.39. The van der Waals surface area contributed by atoms with Crippen molar-refractivity contribution in [1.29, 1.82) is 0 Å². The third kappa shape index (κ3) is 3.83. The standard InChI is InChI=1S/C23H26N6O/c1-5-19-25-16-10-6-7-11-17(16)28(19)15-22(30)26-21-14-18(23(2,3)4)27-29(21)20-12-8-9-13-24-20/h6-14H,5,15H2,1-4H3,(H,26,30). The van der Waals surface area contributed by atoms with Crippen molar-refractivity contribution in [3.63, 3.8) is 0 Å². The van der Waals surface area contributed by atoms with Crippen molar-refractivity contribution in [2.45, 2.75) is 46.1 Å². The van der Waals surface area contributed by atoms with Crippen molar-refractivity contribution in [3.8, 4) is 5.82 Å². The van der Waals surface area contributed by atoms with Crippen LogP contribution in [0.2, 0.25) is 0 Å². The molecule has 1 N–H and O–H groups in total. The molecule has 1 aromatic carbocycles. The predicted octanol–water partition coefficient (Wildman–Crippen LogP) is 4.12. The van der Waals surface area contributed by atoms with Gasteiger partial charge in [-0.3, -0.25) is 4.79 Å². The number of anilines is 1. The van der Waals surface area contributed by atoms with Gasteiger partial charge in [0.15, 0.2) is 5.82 Å². The molecule has 4 rings (SSSR count). The summed E-state index contributed by atoms with van der Waals surface area (Å²) in [5, 5.41) is 7.73. The second-order valence-corrected chi connectivity index (χ2v) is 8.27. The highest BCUT2D eigenvalue weighted by molar-refractivity contribution is 5.91. The van der Waals surface area contributed by atoms with Gasteiger partial charge in [0.1, 0.15) is 18.2 Å². The molecule has 0 fully saturated rings. The number of nitrogens with one attached hydrogen (secondary N) is 1. The van der Waals surface area contributed by atoms with E-state index >= 15 is 0 Å². The minimum atomic E-state index is -0.157. The fourth-order valence-electron chi connectivity index (χ4n) is 3.39. The molecule has 0 saturated heterocycles. The molecule has 0 radical (unpaired) electrons. The number of rotatable bonds is 5. The van der Waals surface area contributed by atoms with Gasteiger partial charge in [-0.15, -0.1) is 0 Å². The van der Waals surface area contributed by atoms with Crippen molar-refractivity contribution in [2.75, 3.05) is 5.32 Å². The fraction of sp³-hybridized carbons (Fsp3) is 0.304. The number of carbonyl (C=O) groups is 1. The number of para-hydroxylation sites is 2. The number of aromatic nitrogens is 5. The van der Waals surface area contributed by atoms with Crippen LogP contribution in [-0.2, 0) is 23.2 Å². The Labute approximate surface area is 175 Å². The van der Waals surface area contributed by atoms with Gasteiger partial charge >= 0.3 is 0 Å². The Balaban J connectivity index is 1.66. The molecule has 0 spiro atoms. The van der Waals surface area contributed by atoms with Crippen LogP contribution >= 0.6 is 0 Å². The molecule has 3 heterocycles. The van der Waals surface area contributed by atoms with Crippen LogP contribution in [0.5, 0.6) is 0 Å². The van der Waals surface area contributed by atoms with E-state index in [-0.39, 0.29) is 17.9 Å². The number of pyridine rings is 1. The summed E-state index contributed by atoms with van der Waals surface area (Å²) in [6.45, 7) is 8.50. The molecular formula is C23H26N6O. The summed E-state index contributed by atoms with van der Waals surface area (Å²) in [6.07, 6.45) is 2.46. The van der Waals surface area contributed by atoms with E-state index in [0.29, 0.717) is 11.6 Å². The molecule has 0 atom stereocenters. The lowest BCUT2D eigenvalue weighted by Gasteiger charge is -2.13. The highest BCUT2D eigenvalue weighted by Gasteiger charge is 2.22. The van der Waals surface area contributed by atoms with Crippen LogP contribution in [0.1, 0.15) is 39.2 Å². The maximum atomic E-state index is 13.0. The monoisotopic (exact) mass is 402 g/mol. The summed E-state index contributed by atoms with van der Waals surface area (Å²) in [4.78, 5) is 22.1. The molecule has 7 nitrogen and oxygen atoms in total. The summed E-state index contributed by atoms with van der Waals surface area (Å²) >= 11 is 0. The Morgan fingerprint density at radius 2 is 1.87 bits per heavy atom. The van der Waals surface area contributed by atoms with Crippen molar-refractivity contribution in [2.24, 2.45) is 0 Å². The molecular weight excluding hydrogens is 376 g/mol. The summed E-state index contributed by atoms with van der Waals surface area (Å²) < 4.78 is 3.65. The second kappa shape index (κ2) is 7.74. The van der Waals surface area contributed by atoms with E-state index in [4.69, 9.17) is 5.10 Å². The maximum Gasteiger partial charge on any atom is 0.245 e. The Bertz CT molecular complexity index is 1180. The molecule has 30 heavy (non-hydrogen) atoms. The van der Waals surface area contributed by atoms with Crippen LogP contribution in [0, 0.1) is 0 Å². The molecule has 3 aromatic heterocycles. The normalized spacial score (nSPS) is 11.7. The topological polar surface area (TPSA) is 77.6 Å². The maximum absolute atomic E-state index is 13.0. The smallest absolute Gasteiger partial charge is 0.245 e. The Kier molecular flexibility index (Phi) is 5.11. The third-order valence-corrected chi connectivity index (χ3v) is 4.96. The van der Waals surface area contributed by atoms with E-state index in [1.54, 1.807) is 10.9 Å². The van der Waals surface area contributed by atoms with Gasteiger partial charge in [-0.25, -0.2) is 9.97 Å². The quantitative estimate of drug-likeness (QED) is 0.545. The summed E-state index contributed by atoms with van der Waals surface area (Å²) in [6, 6.07) is 15.4. The Morgan fingerprint density at radius 3 is 2.57 bits per heavy atom. The van der Waals surface area contributed by atoms with Crippen LogP contribution in [0.4, 0.5) is 5.82 Å². The Morgan fingerprint density at radius 1 is 1.10 bits per heavy atom. The number of nitrogens with zero attached hydrogens (tertiary/aromatic N) is 5. The average molecular weight is 403 g/mol. The lowest BCUT2D eigenvalue weighted by atomic mass is 9.92. The zero-order valence-corrected chi connectivity index (χ0v) is 17.8. The van der Waals surface area contributed by atoms with Gasteiger partial charge in [-0.1, -0.05) is 45.9 Å². The number of benzene rings is 1. The second-order valence-electron chi connectivity index (χ2n) is 8.27. The molecule has 154 valence electrons. The number of aryl methyl sites for hydroxylation is 1. The van der Waals surface area contributed by atoms with Gasteiger partial charge < -0.3 is 9.88 Å². The zero-order valence-electron chi connectivity index (χ0n) is 17.8. The molecule has 0 unspecified atom stereocenters. The lowest BCUT2D eigenvalue weighted by Crippen LogP contribution is -2.21. The van der Waals surface area contributed by atoms with E-state index in [2.05, 4.69) is 36.1 Å². The van der Waals surface area contributed by atoms with Gasteiger partial charge in [0.2, 0.25) is 5.91 Å². The summed E-state index contributed by atoms with van der Waals surface area (Å²) in [5.41, 5.74) is 2.58. The van der Waals surface area contributed by atoms with Crippen molar-refractivity contribution >= 4 is 22.8 Å². The van der Waals surface area contributed by atoms with Crippen LogP contribution in [-0.4, -0.2) is 30.2 Å². The first-order valence-corrected chi connectivity index (χ1v) is 10.1. The first-order chi connectivity index (χ1) is 14.4. The van der Waals surface area contributed by atoms with Crippen molar-refractivity contribution in [1.82, 2.24) is 24.3 Å². The minimum absolute atomic E-state index is 0.134. The molecule has 7 heteroatoms. The SMILES string of the molecule is CCc1nc2ccccc2n1CC(=O)Nc1cc(C(C)(C)C)nn1-c1ccccn1. The molecule has 0 bridgehead atoms. The summed E-state index contributed by atoms with van der Waals surface area (Å²) in [5.74, 6) is 2.02. The van der Waals surface area contributed by atoms with E-state index in [1.807, 2.05) is 60.0 Å². The Hall–Kier alpha value is -3.48. The number of hydrogen-bond acceptors (Lipinski definition) is 4. The highest BCUT2D eigenvalue weighted by atomic mass is 16.2. The number of amides is 1. The minimum Gasteiger partial charge on any atom is -0.318 e. The van der Waals surface area contributed by atoms with E-state index in [9.17, 15) is 4.79 Å². The lowest BCUT2D eigenvalue weighted by molar-refractivity contribution is -0.116. The average Bonchev–Trinajstić information content (AvgIpc) is 3.30. The van der Waals surface area contributed by atoms with Crippen LogP contribution in [0.3, 0.4) is 0 Å². The van der Waals surface area contributed by atoms with E-state index < -0.39 is 0 Å². The first-order valence-electron chi connectivity index (χ1n) is 10.1. The van der Waals surface area contributed by atoms with Crippen molar-refractivity contribution < 1.29 is 4.79 Å². The largest absolute Gasteiger partial charge is 0.318 e. The molecule has 4 aromatic rings. The summed E-state index contributed by atoms with van der Waals surface area (Å²) in [7, 11) is 0. The van der Waals surface area contributed by atoms with Crippen LogP contribution in [0.15, 0.2) is 54.7 Å². The highest BCUT2D eigenvalue weighted by Crippen LogP contribution is 2.26. The van der Waals surface area contributed by atoms with E-state index in [1.165, 1.54) is 0 Å². The number of fused-ring (bicyclic) bond motifs is 1. The number of hydrogen-bond donors (Lipinski definition) is 1. The van der Waals surface area contributed by atoms with Gasteiger partial charge in [-0.2, -0.15) is 9.78 Å². The van der Waals surface area contributed by atoms with Crippen LogP contribution in [0.25, 0.3) is 16.9 Å². The van der Waals surface area contributed by atoms with Gasteiger partial charge in [-0.05, 0) is 24.3 Å². The number of carbonyl (C=O) groups excluding carboxylic acids is 1. The van der Waals surface area contributed by atoms with Gasteiger partial charge in [0.25, 0.3) is 0 Å². The first kappa shape index (κ1) is 19.8. The van der Waals surface area contributed by atoms with Crippen LogP contribution < -0.4 is 5.32 Å². The van der Waals surface area contributed by atoms with Crippen molar-refractivity contribution in [3.05, 3.63) is 66.2 Å². The number of imidazole rings is 1. The molecule has 0 aliphatic rings. The zero-order chi connectivity index (χ0) is 21.3.